The molecule has 0 aliphatic carbocycles. The summed E-state index contributed by atoms with van der Waals surface area (Å²) in [7, 11) is 0. The average Bonchev–Trinajstić information content (AvgIpc) is 2.92. The SMILES string of the molecule is Cc1ccc(-n2c(C)cc(/C=N\NC(=O)c3ccncc3)c2C)cc1C. The van der Waals surface area contributed by atoms with E-state index >= 15 is 0 Å². The van der Waals surface area contributed by atoms with Gasteiger partial charge < -0.3 is 4.57 Å². The van der Waals surface area contributed by atoms with Gasteiger partial charge >= 0.3 is 0 Å². The number of carbonyl (C=O) groups is 1. The van der Waals surface area contributed by atoms with Crippen LogP contribution < -0.4 is 5.43 Å². The summed E-state index contributed by atoms with van der Waals surface area (Å²) in [6.45, 7) is 8.34. The lowest BCUT2D eigenvalue weighted by Crippen LogP contribution is -2.17. The van der Waals surface area contributed by atoms with Gasteiger partial charge in [0.2, 0.25) is 0 Å². The Hall–Kier alpha value is -3.21. The van der Waals surface area contributed by atoms with Crippen LogP contribution in [0.15, 0.2) is 53.9 Å². The van der Waals surface area contributed by atoms with Crippen LogP contribution >= 0.6 is 0 Å². The lowest BCUT2D eigenvalue weighted by Gasteiger charge is -2.11. The second-order valence-electron chi connectivity index (χ2n) is 6.37. The predicted octanol–water partition coefficient (Wildman–Crippen LogP) is 3.87. The number of amides is 1. The summed E-state index contributed by atoms with van der Waals surface area (Å²) in [5, 5.41) is 4.10. The van der Waals surface area contributed by atoms with Crippen molar-refractivity contribution in [3.05, 3.63) is 82.4 Å². The maximum Gasteiger partial charge on any atom is 0.271 e. The molecule has 26 heavy (non-hydrogen) atoms. The van der Waals surface area contributed by atoms with E-state index in [0.29, 0.717) is 5.56 Å². The first-order valence-electron chi connectivity index (χ1n) is 8.47. The molecule has 0 fully saturated rings. The zero-order chi connectivity index (χ0) is 18.7. The summed E-state index contributed by atoms with van der Waals surface area (Å²) < 4.78 is 2.19. The molecule has 1 N–H and O–H groups in total. The minimum absolute atomic E-state index is 0.258. The standard InChI is InChI=1S/C21H22N4O/c1-14-5-6-20(11-15(14)2)25-16(3)12-19(17(25)4)13-23-24-21(26)18-7-9-22-10-8-18/h5-13H,1-4H3,(H,24,26)/b23-13-. The summed E-state index contributed by atoms with van der Waals surface area (Å²) in [5.41, 5.74) is 9.90. The number of aromatic nitrogens is 2. The van der Waals surface area contributed by atoms with Gasteiger partial charge in [-0.15, -0.1) is 0 Å². The molecule has 5 heteroatoms. The van der Waals surface area contributed by atoms with Crippen molar-refractivity contribution in [2.45, 2.75) is 27.7 Å². The highest BCUT2D eigenvalue weighted by Crippen LogP contribution is 2.21. The molecule has 1 aromatic carbocycles. The Morgan fingerprint density at radius 1 is 1.04 bits per heavy atom. The van der Waals surface area contributed by atoms with Crippen molar-refractivity contribution in [3.8, 4) is 5.69 Å². The van der Waals surface area contributed by atoms with E-state index < -0.39 is 0 Å². The average molecular weight is 346 g/mol. The van der Waals surface area contributed by atoms with Crippen LogP contribution in [0.3, 0.4) is 0 Å². The molecule has 3 rings (SSSR count). The molecule has 0 radical (unpaired) electrons. The van der Waals surface area contributed by atoms with Crippen LogP contribution in [0, 0.1) is 27.7 Å². The van der Waals surface area contributed by atoms with Crippen LogP contribution in [0.1, 0.15) is 38.4 Å². The summed E-state index contributed by atoms with van der Waals surface area (Å²) in [5.74, 6) is -0.258. The first-order valence-corrected chi connectivity index (χ1v) is 8.47. The fraction of sp³-hybridized carbons (Fsp3) is 0.190. The van der Waals surface area contributed by atoms with Crippen molar-refractivity contribution in [1.29, 1.82) is 0 Å². The van der Waals surface area contributed by atoms with Gasteiger partial charge in [0, 0.05) is 40.6 Å². The molecule has 132 valence electrons. The van der Waals surface area contributed by atoms with Crippen LogP contribution in [-0.2, 0) is 0 Å². The number of hydrogen-bond donors (Lipinski definition) is 1. The zero-order valence-corrected chi connectivity index (χ0v) is 15.4. The van der Waals surface area contributed by atoms with Gasteiger partial charge in [0.25, 0.3) is 5.91 Å². The van der Waals surface area contributed by atoms with Crippen molar-refractivity contribution in [2.24, 2.45) is 5.10 Å². The maximum atomic E-state index is 12.0. The summed E-state index contributed by atoms with van der Waals surface area (Å²) >= 11 is 0. The number of nitrogens with zero attached hydrogens (tertiary/aromatic N) is 3. The number of benzene rings is 1. The Morgan fingerprint density at radius 3 is 2.46 bits per heavy atom. The van der Waals surface area contributed by atoms with Crippen LogP contribution in [-0.4, -0.2) is 21.7 Å². The van der Waals surface area contributed by atoms with E-state index in [1.807, 2.05) is 6.92 Å². The molecular weight excluding hydrogens is 324 g/mol. The summed E-state index contributed by atoms with van der Waals surface area (Å²) in [6.07, 6.45) is 4.84. The highest BCUT2D eigenvalue weighted by atomic mass is 16.2. The van der Waals surface area contributed by atoms with Gasteiger partial charge in [-0.3, -0.25) is 9.78 Å². The highest BCUT2D eigenvalue weighted by Gasteiger charge is 2.10. The van der Waals surface area contributed by atoms with Crippen molar-refractivity contribution < 1.29 is 4.79 Å². The van der Waals surface area contributed by atoms with E-state index in [2.05, 4.69) is 65.1 Å². The van der Waals surface area contributed by atoms with E-state index in [0.717, 1.165) is 22.6 Å². The first-order chi connectivity index (χ1) is 12.5. The van der Waals surface area contributed by atoms with E-state index in [4.69, 9.17) is 0 Å². The molecule has 2 aromatic heterocycles. The molecule has 0 spiro atoms. The van der Waals surface area contributed by atoms with Crippen LogP contribution in [0.5, 0.6) is 0 Å². The van der Waals surface area contributed by atoms with Gasteiger partial charge in [-0.2, -0.15) is 5.10 Å². The van der Waals surface area contributed by atoms with E-state index in [1.54, 1.807) is 30.7 Å². The van der Waals surface area contributed by atoms with Crippen LogP contribution in [0.25, 0.3) is 5.69 Å². The molecule has 0 aliphatic rings. The second-order valence-corrected chi connectivity index (χ2v) is 6.37. The Balaban J connectivity index is 1.81. The fourth-order valence-electron chi connectivity index (χ4n) is 2.91. The lowest BCUT2D eigenvalue weighted by atomic mass is 10.1. The van der Waals surface area contributed by atoms with Crippen LogP contribution in [0.2, 0.25) is 0 Å². The molecule has 0 saturated heterocycles. The maximum absolute atomic E-state index is 12.0. The number of aryl methyl sites for hydroxylation is 3. The third kappa shape index (κ3) is 3.57. The quantitative estimate of drug-likeness (QED) is 0.576. The van der Waals surface area contributed by atoms with Gasteiger partial charge in [-0.25, -0.2) is 5.43 Å². The number of hydrazone groups is 1. The molecule has 0 atom stereocenters. The van der Waals surface area contributed by atoms with Crippen molar-refractivity contribution in [1.82, 2.24) is 15.0 Å². The Morgan fingerprint density at radius 2 is 1.77 bits per heavy atom. The minimum atomic E-state index is -0.258. The van der Waals surface area contributed by atoms with Crippen molar-refractivity contribution >= 4 is 12.1 Å². The molecule has 0 bridgehead atoms. The van der Waals surface area contributed by atoms with Gasteiger partial charge in [0.1, 0.15) is 0 Å². The van der Waals surface area contributed by atoms with Gasteiger partial charge in [0.05, 0.1) is 6.21 Å². The minimum Gasteiger partial charge on any atom is -0.318 e. The third-order valence-corrected chi connectivity index (χ3v) is 4.53. The first kappa shape index (κ1) is 17.6. The Bertz CT molecular complexity index is 971. The molecule has 1 amide bonds. The number of hydrogen-bond acceptors (Lipinski definition) is 3. The predicted molar refractivity (Wildman–Crippen MR) is 104 cm³/mol. The molecule has 2 heterocycles. The molecule has 5 nitrogen and oxygen atoms in total. The molecular formula is C21H22N4O. The number of rotatable bonds is 4. The van der Waals surface area contributed by atoms with Gasteiger partial charge in [-0.05, 0) is 69.2 Å². The summed E-state index contributed by atoms with van der Waals surface area (Å²) in [6, 6.07) is 11.8. The molecule has 3 aromatic rings. The number of nitrogens with one attached hydrogen (secondary N) is 1. The third-order valence-electron chi connectivity index (χ3n) is 4.53. The summed E-state index contributed by atoms with van der Waals surface area (Å²) in [4.78, 5) is 15.9. The fourth-order valence-corrected chi connectivity index (χ4v) is 2.91. The molecule has 0 aliphatic heterocycles. The second kappa shape index (κ2) is 7.35. The van der Waals surface area contributed by atoms with Crippen molar-refractivity contribution in [2.75, 3.05) is 0 Å². The largest absolute Gasteiger partial charge is 0.318 e. The molecule has 0 unspecified atom stereocenters. The lowest BCUT2D eigenvalue weighted by molar-refractivity contribution is 0.0955. The normalized spacial score (nSPS) is 11.1. The zero-order valence-electron chi connectivity index (χ0n) is 15.4. The van der Waals surface area contributed by atoms with E-state index in [-0.39, 0.29) is 5.91 Å². The Kier molecular flexibility index (Phi) is 4.98. The van der Waals surface area contributed by atoms with E-state index in [1.165, 1.54) is 11.1 Å². The monoisotopic (exact) mass is 346 g/mol. The highest BCUT2D eigenvalue weighted by molar-refractivity contribution is 5.94. The van der Waals surface area contributed by atoms with Crippen molar-refractivity contribution in [3.63, 3.8) is 0 Å². The molecule has 0 saturated carbocycles. The van der Waals surface area contributed by atoms with Crippen LogP contribution in [0.4, 0.5) is 0 Å². The smallest absolute Gasteiger partial charge is 0.271 e. The number of pyridine rings is 1. The topological polar surface area (TPSA) is 59.3 Å². The van der Waals surface area contributed by atoms with E-state index in [9.17, 15) is 4.79 Å². The van der Waals surface area contributed by atoms with Gasteiger partial charge in [-0.1, -0.05) is 6.07 Å². The number of carbonyl (C=O) groups excluding carboxylic acids is 1. The van der Waals surface area contributed by atoms with Gasteiger partial charge in [0.15, 0.2) is 0 Å². The Labute approximate surface area is 153 Å².